The summed E-state index contributed by atoms with van der Waals surface area (Å²) in [5.41, 5.74) is 1.89. The lowest BCUT2D eigenvalue weighted by Gasteiger charge is -2.25. The van der Waals surface area contributed by atoms with Crippen LogP contribution in [0, 0.1) is 0 Å². The highest BCUT2D eigenvalue weighted by molar-refractivity contribution is 6.12. The van der Waals surface area contributed by atoms with Gasteiger partial charge in [-0.15, -0.1) is 0 Å². The number of hydrogen-bond donors (Lipinski definition) is 1. The summed E-state index contributed by atoms with van der Waals surface area (Å²) in [6.45, 7) is 0.797. The van der Waals surface area contributed by atoms with E-state index in [1.54, 1.807) is 36.3 Å². The van der Waals surface area contributed by atoms with Crippen LogP contribution in [0.25, 0.3) is 0 Å². The van der Waals surface area contributed by atoms with Crippen molar-refractivity contribution in [2.24, 2.45) is 0 Å². The molecule has 0 aromatic heterocycles. The van der Waals surface area contributed by atoms with E-state index in [0.717, 1.165) is 17.7 Å². The van der Waals surface area contributed by atoms with Crippen LogP contribution in [0.4, 0.5) is 5.69 Å². The van der Waals surface area contributed by atoms with Gasteiger partial charge in [0.2, 0.25) is 11.8 Å². The van der Waals surface area contributed by atoms with E-state index in [-0.39, 0.29) is 24.3 Å². The van der Waals surface area contributed by atoms with Crippen molar-refractivity contribution in [3.8, 4) is 5.75 Å². The number of nitrogens with zero attached hydrogens (tertiary/aromatic N) is 2. The zero-order valence-corrected chi connectivity index (χ0v) is 16.3. The third-order valence-electron chi connectivity index (χ3n) is 5.44. The highest BCUT2D eigenvalue weighted by atomic mass is 16.5. The molecule has 2 heterocycles. The van der Waals surface area contributed by atoms with E-state index < -0.39 is 6.04 Å². The Labute approximate surface area is 169 Å². The lowest BCUT2D eigenvalue weighted by Crippen LogP contribution is -2.48. The molecule has 1 N–H and O–H groups in total. The Balaban J connectivity index is 1.51. The second-order valence-corrected chi connectivity index (χ2v) is 7.22. The number of ether oxygens (including phenoxy) is 1. The molecule has 0 saturated carbocycles. The molecular weight excluding hydrogens is 370 g/mol. The van der Waals surface area contributed by atoms with E-state index in [9.17, 15) is 14.4 Å². The van der Waals surface area contributed by atoms with Crippen molar-refractivity contribution in [3.05, 3.63) is 59.7 Å². The lowest BCUT2D eigenvalue weighted by molar-refractivity contribution is -0.125. The van der Waals surface area contributed by atoms with Crippen LogP contribution in [0.1, 0.15) is 28.8 Å². The average molecular weight is 393 g/mol. The number of para-hydroxylation sites is 1. The molecule has 0 unspecified atom stereocenters. The van der Waals surface area contributed by atoms with Crippen molar-refractivity contribution < 1.29 is 19.1 Å². The fraction of sp³-hybridized carbons (Fsp3) is 0.318. The van der Waals surface area contributed by atoms with Crippen LogP contribution in [-0.4, -0.2) is 48.9 Å². The molecule has 0 radical (unpaired) electrons. The summed E-state index contributed by atoms with van der Waals surface area (Å²) in [6.07, 6.45) is 1.42. The maximum atomic E-state index is 13.2. The molecule has 29 heavy (non-hydrogen) atoms. The minimum Gasteiger partial charge on any atom is -0.497 e. The number of anilines is 1. The van der Waals surface area contributed by atoms with E-state index in [1.165, 1.54) is 4.90 Å². The van der Waals surface area contributed by atoms with Gasteiger partial charge in [-0.1, -0.05) is 24.3 Å². The Kier molecular flexibility index (Phi) is 5.20. The van der Waals surface area contributed by atoms with Crippen LogP contribution in [0.3, 0.4) is 0 Å². The summed E-state index contributed by atoms with van der Waals surface area (Å²) in [4.78, 5) is 41.8. The molecule has 1 atom stereocenters. The van der Waals surface area contributed by atoms with E-state index in [1.807, 2.05) is 24.3 Å². The first-order chi connectivity index (χ1) is 14.1. The largest absolute Gasteiger partial charge is 0.497 e. The van der Waals surface area contributed by atoms with Gasteiger partial charge in [0.25, 0.3) is 5.91 Å². The number of rotatable bonds is 5. The van der Waals surface area contributed by atoms with Crippen molar-refractivity contribution in [1.82, 2.24) is 10.2 Å². The first kappa shape index (κ1) is 19.0. The van der Waals surface area contributed by atoms with Gasteiger partial charge in [0.1, 0.15) is 18.3 Å². The third-order valence-corrected chi connectivity index (χ3v) is 5.44. The fourth-order valence-corrected chi connectivity index (χ4v) is 3.92. The molecule has 1 saturated heterocycles. The monoisotopic (exact) mass is 393 g/mol. The summed E-state index contributed by atoms with van der Waals surface area (Å²) in [5, 5.41) is 2.85. The van der Waals surface area contributed by atoms with Crippen molar-refractivity contribution in [2.75, 3.05) is 25.1 Å². The highest BCUT2D eigenvalue weighted by Crippen LogP contribution is 2.32. The molecule has 0 bridgehead atoms. The van der Waals surface area contributed by atoms with Crippen LogP contribution in [0.15, 0.2) is 48.5 Å². The smallest absolute Gasteiger partial charge is 0.256 e. The van der Waals surface area contributed by atoms with Crippen molar-refractivity contribution in [3.63, 3.8) is 0 Å². The second-order valence-electron chi connectivity index (χ2n) is 7.22. The molecule has 3 amide bonds. The molecule has 0 aliphatic carbocycles. The first-order valence-electron chi connectivity index (χ1n) is 9.69. The molecule has 2 aromatic rings. The Bertz CT molecular complexity index is 941. The van der Waals surface area contributed by atoms with Crippen molar-refractivity contribution in [1.29, 1.82) is 0 Å². The van der Waals surface area contributed by atoms with Gasteiger partial charge in [-0.2, -0.15) is 0 Å². The summed E-state index contributed by atoms with van der Waals surface area (Å²) >= 11 is 0. The molecule has 2 aromatic carbocycles. The molecule has 1 fully saturated rings. The Morgan fingerprint density at radius 1 is 1.14 bits per heavy atom. The minimum atomic E-state index is -0.496. The van der Waals surface area contributed by atoms with Gasteiger partial charge in [0.05, 0.1) is 18.4 Å². The highest BCUT2D eigenvalue weighted by Gasteiger charge is 2.42. The number of amides is 3. The summed E-state index contributed by atoms with van der Waals surface area (Å²) in [7, 11) is 1.60. The van der Waals surface area contributed by atoms with Gasteiger partial charge in [-0.3, -0.25) is 14.4 Å². The van der Waals surface area contributed by atoms with Gasteiger partial charge >= 0.3 is 0 Å². The second kappa shape index (κ2) is 7.95. The number of nitrogens with one attached hydrogen (secondary N) is 1. The van der Waals surface area contributed by atoms with Crippen molar-refractivity contribution >= 4 is 23.4 Å². The molecule has 2 aliphatic rings. The predicted molar refractivity (Wildman–Crippen MR) is 108 cm³/mol. The number of carbonyl (C=O) groups excluding carboxylic acids is 3. The normalized spacial score (nSPS) is 18.2. The van der Waals surface area contributed by atoms with Gasteiger partial charge in [0, 0.05) is 13.1 Å². The van der Waals surface area contributed by atoms with Crippen LogP contribution < -0.4 is 15.0 Å². The number of methoxy groups -OCH3 is 1. The lowest BCUT2D eigenvalue weighted by atomic mass is 10.1. The van der Waals surface area contributed by atoms with E-state index in [4.69, 9.17) is 4.74 Å². The van der Waals surface area contributed by atoms with Crippen LogP contribution in [0.2, 0.25) is 0 Å². The molecular formula is C22H23N3O4. The van der Waals surface area contributed by atoms with Crippen LogP contribution in [-0.2, 0) is 16.1 Å². The van der Waals surface area contributed by atoms with Gasteiger partial charge in [-0.25, -0.2) is 0 Å². The van der Waals surface area contributed by atoms with Crippen molar-refractivity contribution in [2.45, 2.75) is 25.4 Å². The summed E-state index contributed by atoms with van der Waals surface area (Å²) in [5.74, 6) is 0.137. The number of carbonyl (C=O) groups is 3. The summed E-state index contributed by atoms with van der Waals surface area (Å²) < 4.78 is 5.13. The zero-order chi connectivity index (χ0) is 20.4. The molecule has 0 spiro atoms. The summed E-state index contributed by atoms with van der Waals surface area (Å²) in [6, 6.07) is 13.9. The van der Waals surface area contributed by atoms with Crippen LogP contribution in [0.5, 0.6) is 5.75 Å². The van der Waals surface area contributed by atoms with E-state index in [2.05, 4.69) is 5.32 Å². The van der Waals surface area contributed by atoms with Crippen LogP contribution >= 0.6 is 0 Å². The molecule has 4 rings (SSSR count). The van der Waals surface area contributed by atoms with Gasteiger partial charge in [0.15, 0.2) is 0 Å². The fourth-order valence-electron chi connectivity index (χ4n) is 3.92. The topological polar surface area (TPSA) is 79.0 Å². The Morgan fingerprint density at radius 3 is 2.66 bits per heavy atom. The first-order valence-corrected chi connectivity index (χ1v) is 9.69. The van der Waals surface area contributed by atoms with E-state index >= 15 is 0 Å². The molecule has 7 heteroatoms. The third kappa shape index (κ3) is 3.68. The quantitative estimate of drug-likeness (QED) is 0.842. The van der Waals surface area contributed by atoms with Gasteiger partial charge in [-0.05, 0) is 42.7 Å². The minimum absolute atomic E-state index is 0.121. The molecule has 7 nitrogen and oxygen atoms in total. The predicted octanol–water partition coefficient (Wildman–Crippen LogP) is 1.96. The number of benzene rings is 2. The van der Waals surface area contributed by atoms with E-state index in [0.29, 0.717) is 30.8 Å². The average Bonchev–Trinajstić information content (AvgIpc) is 3.23. The Morgan fingerprint density at radius 2 is 1.90 bits per heavy atom. The maximum absolute atomic E-state index is 13.2. The SMILES string of the molecule is COc1ccc(CNC(=O)CN2C(=O)[C@@H]3CCCN3C(=O)c3ccccc32)cc1. The maximum Gasteiger partial charge on any atom is 0.256 e. The zero-order valence-electron chi connectivity index (χ0n) is 16.3. The number of hydrogen-bond acceptors (Lipinski definition) is 4. The Hall–Kier alpha value is -3.35. The number of fused-ring (bicyclic) bond motifs is 2. The standard InChI is InChI=1S/C22H23N3O4/c1-29-16-10-8-15(9-11-16)13-23-20(26)14-25-18-6-3-2-5-17(18)21(27)24-12-4-7-19(24)22(25)28/h2-3,5-6,8-11,19H,4,7,12-14H2,1H3,(H,23,26)/t19-/m0/s1. The molecule has 150 valence electrons. The van der Waals surface area contributed by atoms with Gasteiger partial charge < -0.3 is 19.9 Å². The molecule has 2 aliphatic heterocycles.